The smallest absolute Gasteiger partial charge is 0.410 e. The van der Waals surface area contributed by atoms with Gasteiger partial charge in [0, 0.05) is 37.2 Å². The number of amides is 1. The molecule has 8 heteroatoms. The Morgan fingerprint density at radius 3 is 2.33 bits per heavy atom. The number of nitro benzene ring substituents is 1. The van der Waals surface area contributed by atoms with Crippen molar-refractivity contribution in [2.45, 2.75) is 17.4 Å². The van der Waals surface area contributed by atoms with Gasteiger partial charge in [-0.1, -0.05) is 12.1 Å². The van der Waals surface area contributed by atoms with Crippen LogP contribution in [0.3, 0.4) is 0 Å². The first-order valence-corrected chi connectivity index (χ1v) is 9.43. The molecule has 0 aliphatic rings. The van der Waals surface area contributed by atoms with Crippen LogP contribution in [-0.2, 0) is 0 Å². The Bertz CT molecular complexity index is 764. The first kappa shape index (κ1) is 20.7. The monoisotopic (exact) mass is 389 g/mol. The number of hydrogen-bond acceptors (Lipinski definition) is 6. The molecule has 0 radical (unpaired) electrons. The second-order valence-electron chi connectivity index (χ2n) is 6.06. The van der Waals surface area contributed by atoms with Crippen LogP contribution in [0.25, 0.3) is 0 Å². The maximum atomic E-state index is 11.6. The van der Waals surface area contributed by atoms with Crippen molar-refractivity contribution in [1.29, 1.82) is 0 Å². The molecule has 0 saturated heterocycles. The minimum atomic E-state index is -0.410. The number of nitrogens with zero attached hydrogens (tertiary/aromatic N) is 2. The molecule has 0 bridgehead atoms. The van der Waals surface area contributed by atoms with E-state index in [9.17, 15) is 14.9 Å². The molecule has 27 heavy (non-hydrogen) atoms. The number of carbonyl (C=O) groups excluding carboxylic acids is 1. The molecule has 7 nitrogen and oxygen atoms in total. The van der Waals surface area contributed by atoms with Crippen LogP contribution in [0.5, 0.6) is 5.75 Å². The van der Waals surface area contributed by atoms with Gasteiger partial charge in [-0.25, -0.2) is 4.79 Å². The number of nitrogens with one attached hydrogen (secondary N) is 1. The number of carbonyl (C=O) groups is 1. The molecule has 1 N–H and O–H groups in total. The molecule has 2 aromatic carbocycles. The predicted octanol–water partition coefficient (Wildman–Crippen LogP) is 4.10. The standard InChI is InChI=1S/C19H23N3O4S/c1-20-18(12-13-27-17-10-6-15(7-11-17)22(24)25)14-4-8-16(9-5-14)26-19(23)21(2)3/h4-11,18,20H,12-13H2,1-3H3. The van der Waals surface area contributed by atoms with E-state index in [1.54, 1.807) is 50.1 Å². The summed E-state index contributed by atoms with van der Waals surface area (Å²) in [5, 5.41) is 14.0. The first-order valence-electron chi connectivity index (χ1n) is 8.44. The molecule has 0 spiro atoms. The van der Waals surface area contributed by atoms with Gasteiger partial charge in [0.15, 0.2) is 0 Å². The summed E-state index contributed by atoms with van der Waals surface area (Å²) in [6.45, 7) is 0. The van der Waals surface area contributed by atoms with E-state index in [0.29, 0.717) is 5.75 Å². The van der Waals surface area contributed by atoms with Gasteiger partial charge in [-0.15, -0.1) is 11.8 Å². The molecule has 0 saturated carbocycles. The Hall–Kier alpha value is -2.58. The van der Waals surface area contributed by atoms with Crippen molar-refractivity contribution in [2.75, 3.05) is 26.9 Å². The minimum Gasteiger partial charge on any atom is -0.410 e. The molecule has 0 heterocycles. The molecular formula is C19H23N3O4S. The molecule has 0 aromatic heterocycles. The van der Waals surface area contributed by atoms with Gasteiger partial charge < -0.3 is 15.0 Å². The van der Waals surface area contributed by atoms with Gasteiger partial charge in [-0.05, 0) is 49.1 Å². The third-order valence-electron chi connectivity index (χ3n) is 3.92. The van der Waals surface area contributed by atoms with Gasteiger partial charge in [-0.3, -0.25) is 10.1 Å². The van der Waals surface area contributed by atoms with Crippen LogP contribution in [0, 0.1) is 10.1 Å². The van der Waals surface area contributed by atoms with Crippen LogP contribution in [0.2, 0.25) is 0 Å². The van der Waals surface area contributed by atoms with Gasteiger partial charge in [-0.2, -0.15) is 0 Å². The summed E-state index contributed by atoms with van der Waals surface area (Å²) in [5.41, 5.74) is 1.20. The summed E-state index contributed by atoms with van der Waals surface area (Å²) in [5.74, 6) is 1.37. The molecular weight excluding hydrogens is 366 g/mol. The van der Waals surface area contributed by atoms with Crippen molar-refractivity contribution in [3.8, 4) is 5.75 Å². The number of benzene rings is 2. The fourth-order valence-corrected chi connectivity index (χ4v) is 3.31. The summed E-state index contributed by atoms with van der Waals surface area (Å²) in [4.78, 5) is 24.2. The van der Waals surface area contributed by atoms with Crippen LogP contribution in [0.4, 0.5) is 10.5 Å². The van der Waals surface area contributed by atoms with Crippen LogP contribution in [0.1, 0.15) is 18.0 Å². The lowest BCUT2D eigenvalue weighted by atomic mass is 10.0. The molecule has 1 amide bonds. The highest BCUT2D eigenvalue weighted by atomic mass is 32.2. The Labute approximate surface area is 162 Å². The van der Waals surface area contributed by atoms with Crippen LogP contribution < -0.4 is 10.1 Å². The van der Waals surface area contributed by atoms with E-state index in [1.807, 2.05) is 19.2 Å². The van der Waals surface area contributed by atoms with Crippen molar-refractivity contribution < 1.29 is 14.5 Å². The third kappa shape index (κ3) is 6.26. The summed E-state index contributed by atoms with van der Waals surface area (Å²) in [6.07, 6.45) is 0.474. The van der Waals surface area contributed by atoms with Crippen molar-refractivity contribution >= 4 is 23.5 Å². The zero-order valence-electron chi connectivity index (χ0n) is 15.5. The average Bonchev–Trinajstić information content (AvgIpc) is 2.66. The Morgan fingerprint density at radius 2 is 1.81 bits per heavy atom. The van der Waals surface area contributed by atoms with E-state index in [1.165, 1.54) is 17.0 Å². The summed E-state index contributed by atoms with van der Waals surface area (Å²) in [7, 11) is 5.17. The van der Waals surface area contributed by atoms with Gasteiger partial charge in [0.25, 0.3) is 5.69 Å². The number of non-ortho nitro benzene ring substituents is 1. The number of rotatable bonds is 8. The normalized spacial score (nSPS) is 11.7. The molecule has 0 fully saturated rings. The summed E-state index contributed by atoms with van der Waals surface area (Å²) in [6, 6.07) is 14.2. The maximum Gasteiger partial charge on any atom is 0.414 e. The minimum absolute atomic E-state index is 0.0995. The average molecular weight is 389 g/mol. The quantitative estimate of drug-likeness (QED) is 0.416. The zero-order valence-corrected chi connectivity index (χ0v) is 16.4. The Kier molecular flexibility index (Phi) is 7.63. The molecule has 144 valence electrons. The van der Waals surface area contributed by atoms with Crippen LogP contribution in [-0.4, -0.2) is 42.8 Å². The van der Waals surface area contributed by atoms with E-state index >= 15 is 0 Å². The van der Waals surface area contributed by atoms with Gasteiger partial charge >= 0.3 is 6.09 Å². The van der Waals surface area contributed by atoms with Crippen molar-refractivity contribution in [1.82, 2.24) is 10.2 Å². The lowest BCUT2D eigenvalue weighted by Gasteiger charge is -2.17. The molecule has 1 atom stereocenters. The molecule has 2 aromatic rings. The molecule has 1 unspecified atom stereocenters. The predicted molar refractivity (Wildman–Crippen MR) is 106 cm³/mol. The second-order valence-corrected chi connectivity index (χ2v) is 7.23. The number of thioether (sulfide) groups is 1. The topological polar surface area (TPSA) is 84.7 Å². The largest absolute Gasteiger partial charge is 0.414 e. The van der Waals surface area contributed by atoms with Crippen molar-refractivity contribution in [2.24, 2.45) is 0 Å². The van der Waals surface area contributed by atoms with Crippen LogP contribution >= 0.6 is 11.8 Å². The van der Waals surface area contributed by atoms with Crippen molar-refractivity contribution in [3.05, 3.63) is 64.2 Å². The SMILES string of the molecule is CNC(CCSc1ccc([N+](=O)[O-])cc1)c1ccc(OC(=O)N(C)C)cc1. The zero-order chi connectivity index (χ0) is 19.8. The van der Waals surface area contributed by atoms with Gasteiger partial charge in [0.05, 0.1) is 4.92 Å². The third-order valence-corrected chi connectivity index (χ3v) is 4.97. The summed E-state index contributed by atoms with van der Waals surface area (Å²) < 4.78 is 5.22. The number of hydrogen-bond donors (Lipinski definition) is 1. The highest BCUT2D eigenvalue weighted by Crippen LogP contribution is 2.26. The molecule has 0 aliphatic carbocycles. The van der Waals surface area contributed by atoms with Gasteiger partial charge in [0.2, 0.25) is 0 Å². The number of ether oxygens (including phenoxy) is 1. The highest BCUT2D eigenvalue weighted by Gasteiger charge is 2.12. The molecule has 2 rings (SSSR count). The van der Waals surface area contributed by atoms with E-state index in [-0.39, 0.29) is 11.7 Å². The second kappa shape index (κ2) is 9.94. The maximum absolute atomic E-state index is 11.6. The highest BCUT2D eigenvalue weighted by molar-refractivity contribution is 7.99. The van der Waals surface area contributed by atoms with E-state index in [2.05, 4.69) is 5.32 Å². The lowest BCUT2D eigenvalue weighted by molar-refractivity contribution is -0.384. The Morgan fingerprint density at radius 1 is 1.19 bits per heavy atom. The first-order chi connectivity index (χ1) is 12.9. The fourth-order valence-electron chi connectivity index (χ4n) is 2.40. The summed E-state index contributed by atoms with van der Waals surface area (Å²) >= 11 is 1.66. The van der Waals surface area contributed by atoms with Crippen LogP contribution in [0.15, 0.2) is 53.4 Å². The van der Waals surface area contributed by atoms with E-state index < -0.39 is 11.0 Å². The fraction of sp³-hybridized carbons (Fsp3) is 0.316. The van der Waals surface area contributed by atoms with E-state index in [0.717, 1.165) is 22.6 Å². The lowest BCUT2D eigenvalue weighted by Crippen LogP contribution is -2.25. The van der Waals surface area contributed by atoms with Crippen molar-refractivity contribution in [3.63, 3.8) is 0 Å². The van der Waals surface area contributed by atoms with Gasteiger partial charge in [0.1, 0.15) is 5.75 Å². The number of nitro groups is 1. The Balaban J connectivity index is 1.89. The molecule has 0 aliphatic heterocycles. The van der Waals surface area contributed by atoms with E-state index in [4.69, 9.17) is 4.74 Å².